The molecule has 3 nitrogen and oxygen atoms in total. The van der Waals surface area contributed by atoms with E-state index in [9.17, 15) is 0 Å². The molecule has 0 saturated carbocycles. The van der Waals surface area contributed by atoms with Gasteiger partial charge in [-0.1, -0.05) is 0 Å². The van der Waals surface area contributed by atoms with E-state index < -0.39 is 7.16 Å². The molecule has 0 unspecified atom stereocenters. The van der Waals surface area contributed by atoms with E-state index in [-0.39, 0.29) is 0 Å². The van der Waals surface area contributed by atoms with Crippen molar-refractivity contribution in [2.45, 2.75) is 0 Å². The summed E-state index contributed by atoms with van der Waals surface area (Å²) in [6, 6.07) is 0. The topological polar surface area (TPSA) is 60.7 Å². The molecule has 0 atom stereocenters. The Labute approximate surface area is 37.2 Å². The second-order valence-corrected chi connectivity index (χ2v) is 5.75. The molecule has 0 saturated heterocycles. The van der Waals surface area contributed by atoms with Crippen LogP contribution < -0.4 is 0 Å². The van der Waals surface area contributed by atoms with E-state index >= 15 is 0 Å². The zero-order valence-electron chi connectivity index (χ0n) is 3.79. The van der Waals surface area contributed by atoms with Crippen molar-refractivity contribution in [3.05, 3.63) is 0 Å². The molecule has 0 fully saturated rings. The standard InChI is InChI=1S/CH8BO3P/c1-6(2,3,4)5/h3-5H,2H2,1H3. The van der Waals surface area contributed by atoms with Gasteiger partial charge >= 0.3 is 36.1 Å². The Morgan fingerprint density at radius 2 is 1.33 bits per heavy atom. The van der Waals surface area contributed by atoms with Gasteiger partial charge in [-0.15, -0.1) is 0 Å². The summed E-state index contributed by atoms with van der Waals surface area (Å²) in [6.07, 6.45) is 0. The van der Waals surface area contributed by atoms with Gasteiger partial charge in [0, 0.05) is 0 Å². The zero-order valence-corrected chi connectivity index (χ0v) is 4.68. The van der Waals surface area contributed by atoms with E-state index in [1.54, 1.807) is 0 Å². The maximum atomic E-state index is 8.23. The van der Waals surface area contributed by atoms with Crippen LogP contribution in [0.3, 0.4) is 0 Å². The van der Waals surface area contributed by atoms with Crippen molar-refractivity contribution in [3.8, 4) is 0 Å². The van der Waals surface area contributed by atoms with Gasteiger partial charge in [-0.25, -0.2) is 0 Å². The molecule has 6 heavy (non-hydrogen) atoms. The van der Waals surface area contributed by atoms with Crippen molar-refractivity contribution in [2.75, 3.05) is 6.66 Å². The molecule has 0 spiro atoms. The van der Waals surface area contributed by atoms with Gasteiger partial charge < -0.3 is 0 Å². The normalized spacial score (nSPS) is 19.0. The van der Waals surface area contributed by atoms with E-state index in [0.717, 1.165) is 14.2 Å². The van der Waals surface area contributed by atoms with E-state index in [1.165, 1.54) is 0 Å². The van der Waals surface area contributed by atoms with E-state index in [0.29, 0.717) is 0 Å². The Morgan fingerprint density at radius 1 is 1.33 bits per heavy atom. The van der Waals surface area contributed by atoms with Crippen molar-refractivity contribution in [2.24, 2.45) is 0 Å². The van der Waals surface area contributed by atoms with Gasteiger partial charge in [0.15, 0.2) is 0 Å². The number of hydrogen-bond donors (Lipinski definition) is 3. The molecule has 0 aromatic rings. The second kappa shape index (κ2) is 0.956. The first kappa shape index (κ1) is 6.37. The molecule has 0 bridgehead atoms. The van der Waals surface area contributed by atoms with E-state index in [2.05, 4.69) is 0 Å². The average molecular weight is 110 g/mol. The third-order valence-electron chi connectivity index (χ3n) is 0. The SMILES string of the molecule is BP(C)(O)(O)O. The van der Waals surface area contributed by atoms with Gasteiger partial charge in [0.25, 0.3) is 0 Å². The molecular formula is CH8BO3P. The third kappa shape index (κ3) is 354. The summed E-state index contributed by atoms with van der Waals surface area (Å²) in [6.45, 7) is 1.01. The summed E-state index contributed by atoms with van der Waals surface area (Å²) in [4.78, 5) is 24.7. The minimum atomic E-state index is -4.05. The summed E-state index contributed by atoms with van der Waals surface area (Å²) < 4.78 is 0. The fraction of sp³-hybridized carbons (Fsp3) is 1.00. The molecule has 0 heterocycles. The van der Waals surface area contributed by atoms with Crippen molar-refractivity contribution < 1.29 is 14.7 Å². The van der Waals surface area contributed by atoms with Crippen LogP contribution in [0.1, 0.15) is 0 Å². The van der Waals surface area contributed by atoms with Crippen LogP contribution in [0.2, 0.25) is 0 Å². The molecule has 0 radical (unpaired) electrons. The first-order chi connectivity index (χ1) is 2.24. The fourth-order valence-corrected chi connectivity index (χ4v) is 0. The molecule has 0 aromatic heterocycles. The molecule has 0 rings (SSSR count). The Morgan fingerprint density at radius 3 is 1.33 bits per heavy atom. The molecule has 38 valence electrons. The second-order valence-electron chi connectivity index (χ2n) is 1.92. The summed E-state index contributed by atoms with van der Waals surface area (Å²) >= 11 is 0. The van der Waals surface area contributed by atoms with Gasteiger partial charge in [-0.05, 0) is 0 Å². The Bertz CT molecular complexity index is 44.0. The predicted molar refractivity (Wildman–Crippen MR) is 28.0 cm³/mol. The molecule has 5 heteroatoms. The van der Waals surface area contributed by atoms with Crippen molar-refractivity contribution in [3.63, 3.8) is 0 Å². The van der Waals surface area contributed by atoms with E-state index in [1.807, 2.05) is 0 Å². The molecule has 0 aliphatic carbocycles. The number of hydrogen-bond acceptors (Lipinski definition) is 3. The van der Waals surface area contributed by atoms with Gasteiger partial charge in [0.1, 0.15) is 0 Å². The number of rotatable bonds is 0. The Kier molecular flexibility index (Phi) is 1.02. The molecule has 0 aromatic carbocycles. The predicted octanol–water partition coefficient (Wildman–Crippen LogP) is -1.56. The summed E-state index contributed by atoms with van der Waals surface area (Å²) in [5, 5.41) is 0. The maximum absolute atomic E-state index is 8.23. The van der Waals surface area contributed by atoms with Crippen LogP contribution in [0.5, 0.6) is 0 Å². The summed E-state index contributed by atoms with van der Waals surface area (Å²) in [5.74, 6) is 0. The molecule has 0 amide bonds. The third-order valence-corrected chi connectivity index (χ3v) is 0. The van der Waals surface area contributed by atoms with Crippen molar-refractivity contribution >= 4 is 14.7 Å². The van der Waals surface area contributed by atoms with Gasteiger partial charge in [-0.2, -0.15) is 0 Å². The molecule has 0 aliphatic rings. The Balaban J connectivity index is 3.73. The summed E-state index contributed by atoms with van der Waals surface area (Å²) in [7, 11) is -3.04. The van der Waals surface area contributed by atoms with Gasteiger partial charge in [0.05, 0.1) is 0 Å². The van der Waals surface area contributed by atoms with Crippen molar-refractivity contribution in [1.29, 1.82) is 0 Å². The first-order valence-corrected chi connectivity index (χ1v) is 4.48. The van der Waals surface area contributed by atoms with Crippen molar-refractivity contribution in [1.82, 2.24) is 0 Å². The fourth-order valence-electron chi connectivity index (χ4n) is 0. The average Bonchev–Trinajstić information content (AvgIpc) is 0.650. The quantitative estimate of drug-likeness (QED) is 0.261. The van der Waals surface area contributed by atoms with Crippen LogP contribution >= 0.6 is 7.16 Å². The van der Waals surface area contributed by atoms with Crippen LogP contribution in [0, 0.1) is 0 Å². The zero-order chi connectivity index (χ0) is 5.45. The van der Waals surface area contributed by atoms with Crippen LogP contribution in [0.4, 0.5) is 0 Å². The minimum absolute atomic E-state index is 1.01. The van der Waals surface area contributed by atoms with Crippen LogP contribution in [0.15, 0.2) is 0 Å². The monoisotopic (exact) mass is 110 g/mol. The van der Waals surface area contributed by atoms with Gasteiger partial charge in [0.2, 0.25) is 0 Å². The van der Waals surface area contributed by atoms with Crippen LogP contribution in [-0.4, -0.2) is 28.9 Å². The molecule has 0 aliphatic heterocycles. The van der Waals surface area contributed by atoms with Crippen LogP contribution in [0.25, 0.3) is 0 Å². The van der Waals surface area contributed by atoms with Gasteiger partial charge in [-0.3, -0.25) is 0 Å². The first-order valence-electron chi connectivity index (χ1n) is 1.49. The van der Waals surface area contributed by atoms with E-state index in [4.69, 9.17) is 14.7 Å². The Hall–Kier alpha value is 0.375. The molecule has 3 N–H and O–H groups in total. The summed E-state index contributed by atoms with van der Waals surface area (Å²) in [5.41, 5.74) is 0. The van der Waals surface area contributed by atoms with Crippen LogP contribution in [-0.2, 0) is 0 Å². The molecular weight excluding hydrogens is 102 g/mol.